The van der Waals surface area contributed by atoms with Gasteiger partial charge in [-0.25, -0.2) is 4.79 Å². The number of aryl methyl sites for hydroxylation is 1. The van der Waals surface area contributed by atoms with Crippen molar-refractivity contribution in [1.29, 1.82) is 0 Å². The third-order valence-electron chi connectivity index (χ3n) is 3.62. The fraction of sp³-hybridized carbons (Fsp3) is 0.438. The second-order valence-electron chi connectivity index (χ2n) is 4.88. The van der Waals surface area contributed by atoms with Crippen LogP contribution in [-0.4, -0.2) is 11.1 Å². The Labute approximate surface area is 108 Å². The molecule has 2 rings (SSSR count). The van der Waals surface area contributed by atoms with E-state index < -0.39 is 5.97 Å². The Hall–Kier alpha value is -1.57. The molecule has 0 saturated heterocycles. The van der Waals surface area contributed by atoms with Gasteiger partial charge in [-0.1, -0.05) is 37.6 Å². The molecule has 1 aromatic carbocycles. The van der Waals surface area contributed by atoms with Crippen LogP contribution in [0.5, 0.6) is 0 Å². The van der Waals surface area contributed by atoms with E-state index >= 15 is 0 Å². The summed E-state index contributed by atoms with van der Waals surface area (Å²) in [4.78, 5) is 11.5. The molecule has 0 aromatic heterocycles. The monoisotopic (exact) mass is 244 g/mol. The molecule has 0 unspecified atom stereocenters. The van der Waals surface area contributed by atoms with Crippen molar-refractivity contribution in [3.8, 4) is 0 Å². The molecule has 0 aliphatic heterocycles. The van der Waals surface area contributed by atoms with E-state index in [4.69, 9.17) is 0 Å². The van der Waals surface area contributed by atoms with Crippen molar-refractivity contribution < 1.29 is 9.90 Å². The number of allylic oxidation sites excluding steroid dienone is 1. The Kier molecular flexibility index (Phi) is 4.19. The molecule has 0 fully saturated rings. The quantitative estimate of drug-likeness (QED) is 0.811. The number of unbranched alkanes of at least 4 members (excludes halogenated alkanes) is 1. The zero-order valence-electron chi connectivity index (χ0n) is 10.9. The Bertz CT molecular complexity index is 472. The van der Waals surface area contributed by atoms with Gasteiger partial charge in [0.05, 0.1) is 0 Å². The van der Waals surface area contributed by atoms with Crippen LogP contribution in [0.15, 0.2) is 29.8 Å². The maximum absolute atomic E-state index is 11.5. The molecule has 1 aromatic rings. The SMILES string of the molecule is CCCC/C(C(=O)O)=C1/CCCc2ccccc21. The van der Waals surface area contributed by atoms with E-state index in [9.17, 15) is 9.90 Å². The molecule has 1 aliphatic rings. The number of carbonyl (C=O) groups is 1. The highest BCUT2D eigenvalue weighted by molar-refractivity contribution is 5.97. The summed E-state index contributed by atoms with van der Waals surface area (Å²) in [6.07, 6.45) is 5.71. The lowest BCUT2D eigenvalue weighted by molar-refractivity contribution is -0.132. The highest BCUT2D eigenvalue weighted by atomic mass is 16.4. The van der Waals surface area contributed by atoms with Crippen molar-refractivity contribution in [2.24, 2.45) is 0 Å². The molecular weight excluding hydrogens is 224 g/mol. The number of aliphatic carboxylic acids is 1. The Balaban J connectivity index is 2.44. The maximum Gasteiger partial charge on any atom is 0.331 e. The minimum atomic E-state index is -0.741. The number of carboxylic acids is 1. The molecule has 0 bridgehead atoms. The number of rotatable bonds is 4. The van der Waals surface area contributed by atoms with Crippen LogP contribution in [0.1, 0.15) is 50.2 Å². The summed E-state index contributed by atoms with van der Waals surface area (Å²) in [7, 11) is 0. The smallest absolute Gasteiger partial charge is 0.331 e. The van der Waals surface area contributed by atoms with Crippen molar-refractivity contribution in [1.82, 2.24) is 0 Å². The Morgan fingerprint density at radius 3 is 2.78 bits per heavy atom. The van der Waals surface area contributed by atoms with Gasteiger partial charge in [0.1, 0.15) is 0 Å². The number of carboxylic acid groups (broad SMARTS) is 1. The van der Waals surface area contributed by atoms with E-state index in [1.165, 1.54) is 5.56 Å². The molecular formula is C16H20O2. The highest BCUT2D eigenvalue weighted by Crippen LogP contribution is 2.34. The van der Waals surface area contributed by atoms with Gasteiger partial charge in [-0.05, 0) is 48.8 Å². The van der Waals surface area contributed by atoms with E-state index in [1.807, 2.05) is 12.1 Å². The largest absolute Gasteiger partial charge is 0.478 e. The number of fused-ring (bicyclic) bond motifs is 1. The molecule has 0 amide bonds. The van der Waals surface area contributed by atoms with Crippen molar-refractivity contribution in [3.05, 3.63) is 41.0 Å². The fourth-order valence-corrected chi connectivity index (χ4v) is 2.68. The van der Waals surface area contributed by atoms with Gasteiger partial charge >= 0.3 is 5.97 Å². The summed E-state index contributed by atoms with van der Waals surface area (Å²) in [5.74, 6) is -0.741. The maximum atomic E-state index is 11.5. The molecule has 18 heavy (non-hydrogen) atoms. The van der Waals surface area contributed by atoms with Crippen LogP contribution in [-0.2, 0) is 11.2 Å². The van der Waals surface area contributed by atoms with Gasteiger partial charge < -0.3 is 5.11 Å². The van der Waals surface area contributed by atoms with E-state index in [-0.39, 0.29) is 0 Å². The number of hydrogen-bond acceptors (Lipinski definition) is 1. The van der Waals surface area contributed by atoms with Crippen molar-refractivity contribution in [2.45, 2.75) is 45.4 Å². The number of hydrogen-bond donors (Lipinski definition) is 1. The van der Waals surface area contributed by atoms with Crippen LogP contribution in [0.3, 0.4) is 0 Å². The zero-order valence-corrected chi connectivity index (χ0v) is 10.9. The van der Waals surface area contributed by atoms with E-state index in [1.54, 1.807) is 0 Å². The summed E-state index contributed by atoms with van der Waals surface area (Å²) in [5, 5.41) is 9.42. The van der Waals surface area contributed by atoms with E-state index in [2.05, 4.69) is 19.1 Å². The average molecular weight is 244 g/mol. The van der Waals surface area contributed by atoms with Crippen LogP contribution in [0.2, 0.25) is 0 Å². The molecule has 0 spiro atoms. The predicted octanol–water partition coefficient (Wildman–Crippen LogP) is 4.05. The Morgan fingerprint density at radius 2 is 2.06 bits per heavy atom. The van der Waals surface area contributed by atoms with Crippen LogP contribution in [0.25, 0.3) is 5.57 Å². The standard InChI is InChI=1S/C16H20O2/c1-2-3-9-15(16(17)18)14-11-6-8-12-7-4-5-10-13(12)14/h4-5,7,10H,2-3,6,8-9,11H2,1H3,(H,17,18)/b15-14+. The lowest BCUT2D eigenvalue weighted by Gasteiger charge is -2.21. The third kappa shape index (κ3) is 2.63. The second-order valence-corrected chi connectivity index (χ2v) is 4.88. The highest BCUT2D eigenvalue weighted by Gasteiger charge is 2.20. The van der Waals surface area contributed by atoms with E-state index in [0.29, 0.717) is 12.0 Å². The molecule has 0 atom stereocenters. The van der Waals surface area contributed by atoms with Crippen LogP contribution < -0.4 is 0 Å². The first-order chi connectivity index (χ1) is 8.74. The lowest BCUT2D eigenvalue weighted by Crippen LogP contribution is -2.09. The van der Waals surface area contributed by atoms with Gasteiger partial charge in [0.2, 0.25) is 0 Å². The third-order valence-corrected chi connectivity index (χ3v) is 3.62. The van der Waals surface area contributed by atoms with Gasteiger partial charge in [-0.15, -0.1) is 0 Å². The normalized spacial score (nSPS) is 17.2. The topological polar surface area (TPSA) is 37.3 Å². The Morgan fingerprint density at radius 1 is 1.28 bits per heavy atom. The van der Waals surface area contributed by atoms with Crippen molar-refractivity contribution in [3.63, 3.8) is 0 Å². The zero-order chi connectivity index (χ0) is 13.0. The van der Waals surface area contributed by atoms with Crippen molar-refractivity contribution in [2.75, 3.05) is 0 Å². The second kappa shape index (κ2) is 5.85. The molecule has 0 saturated carbocycles. The summed E-state index contributed by atoms with van der Waals surface area (Å²) in [6.45, 7) is 2.10. The molecule has 1 aliphatic carbocycles. The van der Waals surface area contributed by atoms with Gasteiger partial charge in [0, 0.05) is 5.57 Å². The summed E-state index contributed by atoms with van der Waals surface area (Å²) < 4.78 is 0. The molecule has 96 valence electrons. The molecule has 2 nitrogen and oxygen atoms in total. The minimum absolute atomic E-state index is 0.629. The summed E-state index contributed by atoms with van der Waals surface area (Å²) >= 11 is 0. The minimum Gasteiger partial charge on any atom is -0.478 e. The van der Waals surface area contributed by atoms with Crippen molar-refractivity contribution >= 4 is 11.5 Å². The van der Waals surface area contributed by atoms with Crippen LogP contribution in [0.4, 0.5) is 0 Å². The lowest BCUT2D eigenvalue weighted by atomic mass is 9.83. The van der Waals surface area contributed by atoms with Crippen LogP contribution >= 0.6 is 0 Å². The summed E-state index contributed by atoms with van der Waals surface area (Å²) in [5.41, 5.74) is 4.16. The predicted molar refractivity (Wildman–Crippen MR) is 73.5 cm³/mol. The van der Waals surface area contributed by atoms with Gasteiger partial charge in [0.25, 0.3) is 0 Å². The van der Waals surface area contributed by atoms with E-state index in [0.717, 1.165) is 43.2 Å². The molecule has 1 N–H and O–H groups in total. The average Bonchev–Trinajstić information content (AvgIpc) is 2.39. The number of benzene rings is 1. The first kappa shape index (κ1) is 12.9. The first-order valence-electron chi connectivity index (χ1n) is 6.77. The first-order valence-corrected chi connectivity index (χ1v) is 6.77. The molecule has 2 heteroatoms. The van der Waals surface area contributed by atoms with Gasteiger partial charge in [0.15, 0.2) is 0 Å². The van der Waals surface area contributed by atoms with Crippen LogP contribution in [0, 0.1) is 0 Å². The van der Waals surface area contributed by atoms with Gasteiger partial charge in [-0.3, -0.25) is 0 Å². The molecule has 0 radical (unpaired) electrons. The van der Waals surface area contributed by atoms with Gasteiger partial charge in [-0.2, -0.15) is 0 Å². The fourth-order valence-electron chi connectivity index (χ4n) is 2.68. The summed E-state index contributed by atoms with van der Waals surface area (Å²) in [6, 6.07) is 8.23. The molecule has 0 heterocycles.